The van der Waals surface area contributed by atoms with Gasteiger partial charge in [-0.2, -0.15) is 0 Å². The number of phenols is 2. The maximum Gasteiger partial charge on any atom is 0.338 e. The van der Waals surface area contributed by atoms with Gasteiger partial charge in [0.2, 0.25) is 5.91 Å². The lowest BCUT2D eigenvalue weighted by atomic mass is 10.0. The molecule has 0 aromatic heterocycles. The third-order valence-electron chi connectivity index (χ3n) is 6.58. The molecule has 2 atom stereocenters. The van der Waals surface area contributed by atoms with Crippen LogP contribution in [0.1, 0.15) is 56.0 Å². The minimum atomic E-state index is -0.751. The maximum absolute atomic E-state index is 12.6. The van der Waals surface area contributed by atoms with Crippen LogP contribution in [0.3, 0.4) is 0 Å². The molecule has 1 amide bonds. The van der Waals surface area contributed by atoms with Crippen LogP contribution in [0.2, 0.25) is 0 Å². The number of aromatic hydroxyl groups is 2. The van der Waals surface area contributed by atoms with Crippen LogP contribution in [0.15, 0.2) is 12.1 Å². The number of benzene rings is 1. The number of amides is 1. The molecule has 0 spiro atoms. The van der Waals surface area contributed by atoms with Gasteiger partial charge in [0.15, 0.2) is 18.1 Å². The fourth-order valence-corrected chi connectivity index (χ4v) is 3.67. The van der Waals surface area contributed by atoms with Gasteiger partial charge in [-0.25, -0.2) is 4.79 Å². The Bertz CT molecular complexity index is 951. The summed E-state index contributed by atoms with van der Waals surface area (Å²) in [5.74, 6) is -1.90. The Kier molecular flexibility index (Phi) is 8.27. The van der Waals surface area contributed by atoms with Gasteiger partial charge in [-0.1, -0.05) is 0 Å². The number of carbonyl (C=O) groups excluding carboxylic acids is 3. The number of aryl methyl sites for hydroxylation is 1. The second-order valence-electron chi connectivity index (χ2n) is 10.4. The highest BCUT2D eigenvalue weighted by Gasteiger charge is 2.47. The molecule has 1 aromatic carbocycles. The summed E-state index contributed by atoms with van der Waals surface area (Å²) in [5.41, 5.74) is -0.469. The number of carbonyl (C=O) groups is 3. The molecule has 2 aliphatic rings. The largest absolute Gasteiger partial charge is 0.504 e. The summed E-state index contributed by atoms with van der Waals surface area (Å²) in [4.78, 5) is 37.5. The van der Waals surface area contributed by atoms with Gasteiger partial charge in [-0.3, -0.25) is 9.59 Å². The van der Waals surface area contributed by atoms with Crippen LogP contribution in [0.25, 0.3) is 0 Å². The van der Waals surface area contributed by atoms with Crippen molar-refractivity contribution in [1.29, 1.82) is 0 Å². The molecular formula is C25H37N2O8+. The number of aliphatic hydroxyl groups is 2. The smallest absolute Gasteiger partial charge is 0.338 e. The third kappa shape index (κ3) is 7.32. The number of ether oxygens (including phenoxy) is 3. The van der Waals surface area contributed by atoms with Crippen LogP contribution in [0.5, 0.6) is 11.5 Å². The summed E-state index contributed by atoms with van der Waals surface area (Å²) in [5, 5.41) is 25.6. The average molecular weight is 494 g/mol. The zero-order valence-corrected chi connectivity index (χ0v) is 20.8. The Morgan fingerprint density at radius 3 is 2.54 bits per heavy atom. The van der Waals surface area contributed by atoms with E-state index in [9.17, 15) is 24.6 Å². The van der Waals surface area contributed by atoms with Crippen molar-refractivity contribution in [3.8, 4) is 11.5 Å². The second kappa shape index (κ2) is 10.8. The molecule has 0 radical (unpaired) electrons. The highest BCUT2D eigenvalue weighted by atomic mass is 16.6. The molecule has 0 bridgehead atoms. The number of nitrogens with one attached hydrogen (secondary N) is 2. The van der Waals surface area contributed by atoms with Crippen LogP contribution in [-0.2, 0) is 19.1 Å². The fourth-order valence-electron chi connectivity index (χ4n) is 3.67. The standard InChI is InChI=1S/C25H36N2O8/c1-15-9-19(28)20(29)10-18(15)22(31)34-13-17(35-23(32)25(4)6-7-25)11-27-24(2,3)14-26-21(30)16-5-8-33-12-16/h9-10,16-17,27-29H,5-8,11-14H2,1-4H3,(H,26,30)/p+1. The van der Waals surface area contributed by atoms with Gasteiger partial charge in [0.25, 0.3) is 0 Å². The first kappa shape index (κ1) is 26.7. The zero-order chi connectivity index (χ0) is 25.8. The molecule has 2 unspecified atom stereocenters. The minimum Gasteiger partial charge on any atom is -0.504 e. The average Bonchev–Trinajstić information content (AvgIpc) is 3.32. The molecule has 1 saturated heterocycles. The van der Waals surface area contributed by atoms with Crippen molar-refractivity contribution < 1.29 is 38.8 Å². The predicted molar refractivity (Wildman–Crippen MR) is 127 cm³/mol. The molecule has 35 heavy (non-hydrogen) atoms. The molecule has 5 N–H and O–H groups in total. The molecule has 194 valence electrons. The van der Waals surface area contributed by atoms with E-state index in [2.05, 4.69) is 15.4 Å². The number of hydrogen-bond donors (Lipinski definition) is 4. The van der Waals surface area contributed by atoms with Crippen molar-refractivity contribution in [2.45, 2.75) is 58.6 Å². The van der Waals surface area contributed by atoms with E-state index in [0.717, 1.165) is 25.3 Å². The Labute approximate surface area is 205 Å². The summed E-state index contributed by atoms with van der Waals surface area (Å²) in [6.45, 7) is 8.93. The van der Waals surface area contributed by atoms with E-state index in [0.29, 0.717) is 25.3 Å². The van der Waals surface area contributed by atoms with Gasteiger partial charge in [-0.15, -0.1) is 0 Å². The Hall–Kier alpha value is -2.85. The summed E-state index contributed by atoms with van der Waals surface area (Å²) >= 11 is 0. The Morgan fingerprint density at radius 1 is 1.23 bits per heavy atom. The van der Waals surface area contributed by atoms with E-state index in [1.807, 2.05) is 20.8 Å². The fraction of sp³-hybridized carbons (Fsp3) is 0.640. The van der Waals surface area contributed by atoms with Gasteiger partial charge in [0.1, 0.15) is 25.2 Å². The van der Waals surface area contributed by atoms with Gasteiger partial charge in [0.05, 0.1) is 11.0 Å². The van der Waals surface area contributed by atoms with Crippen molar-refractivity contribution >= 4 is 17.8 Å². The van der Waals surface area contributed by atoms with E-state index < -0.39 is 28.8 Å². The first-order chi connectivity index (χ1) is 16.4. The lowest BCUT2D eigenvalue weighted by molar-refractivity contribution is -0.157. The topological polar surface area (TPSA) is 147 Å². The highest BCUT2D eigenvalue weighted by molar-refractivity contribution is 5.92. The SMILES string of the molecule is Cc1cc(O)c(O)cc1C(=O)OCC(CNC(C)(C)CNC(=O)C1CC[OH+]C1)OC(=O)C1(C)CC1. The van der Waals surface area contributed by atoms with E-state index in [1.165, 1.54) is 6.07 Å². The van der Waals surface area contributed by atoms with Crippen LogP contribution >= 0.6 is 0 Å². The molecule has 1 heterocycles. The summed E-state index contributed by atoms with van der Waals surface area (Å²) in [6.07, 6.45) is 1.52. The Morgan fingerprint density at radius 2 is 1.91 bits per heavy atom. The number of hydrogen-bond acceptors (Lipinski definition) is 8. The molecule has 3 rings (SSSR count). The van der Waals surface area contributed by atoms with Gasteiger partial charge in [-0.05, 0) is 58.2 Å². The lowest BCUT2D eigenvalue weighted by Crippen LogP contribution is -2.53. The van der Waals surface area contributed by atoms with Crippen LogP contribution < -0.4 is 10.6 Å². The first-order valence-corrected chi connectivity index (χ1v) is 12.0. The molecule has 1 aromatic rings. The summed E-state index contributed by atoms with van der Waals surface area (Å²) < 4.78 is 15.3. The first-order valence-electron chi connectivity index (χ1n) is 12.0. The molecule has 10 nitrogen and oxygen atoms in total. The van der Waals surface area contributed by atoms with Gasteiger partial charge >= 0.3 is 11.9 Å². The monoisotopic (exact) mass is 493 g/mol. The molecule has 1 aliphatic carbocycles. The Balaban J connectivity index is 1.57. The molecular weight excluding hydrogens is 456 g/mol. The number of rotatable bonds is 11. The van der Waals surface area contributed by atoms with Crippen LogP contribution in [-0.4, -0.2) is 77.3 Å². The summed E-state index contributed by atoms with van der Waals surface area (Å²) in [7, 11) is 0. The van der Waals surface area contributed by atoms with E-state index >= 15 is 0 Å². The molecule has 2 fully saturated rings. The molecule has 10 heteroatoms. The van der Waals surface area contributed by atoms with E-state index in [4.69, 9.17) is 9.47 Å². The van der Waals surface area contributed by atoms with Crippen molar-refractivity contribution in [2.24, 2.45) is 11.3 Å². The lowest BCUT2D eigenvalue weighted by Gasteiger charge is -2.30. The van der Waals surface area contributed by atoms with Crippen molar-refractivity contribution in [1.82, 2.24) is 10.6 Å². The highest BCUT2D eigenvalue weighted by Crippen LogP contribution is 2.46. The van der Waals surface area contributed by atoms with E-state index in [-0.39, 0.29) is 42.3 Å². The quantitative estimate of drug-likeness (QED) is 0.205. The van der Waals surface area contributed by atoms with Gasteiger partial charge < -0.3 is 35.1 Å². The molecule has 1 aliphatic heterocycles. The second-order valence-corrected chi connectivity index (χ2v) is 10.4. The van der Waals surface area contributed by atoms with E-state index in [1.54, 1.807) is 6.92 Å². The predicted octanol–water partition coefficient (Wildman–Crippen LogP) is 1.31. The van der Waals surface area contributed by atoms with Crippen molar-refractivity contribution in [2.75, 3.05) is 32.9 Å². The normalized spacial score (nSPS) is 19.6. The number of phenolic OH excluding ortho intramolecular Hbond substituents is 2. The maximum atomic E-state index is 12.6. The van der Waals surface area contributed by atoms with Gasteiger partial charge in [0, 0.05) is 25.0 Å². The number of esters is 2. The van der Waals surface area contributed by atoms with Crippen molar-refractivity contribution in [3.63, 3.8) is 0 Å². The minimum absolute atomic E-state index is 0.0211. The zero-order valence-electron chi connectivity index (χ0n) is 20.8. The van der Waals surface area contributed by atoms with Crippen LogP contribution in [0, 0.1) is 18.3 Å². The third-order valence-corrected chi connectivity index (χ3v) is 6.58. The summed E-state index contributed by atoms with van der Waals surface area (Å²) in [6, 6.07) is 2.41. The molecule has 1 saturated carbocycles. The van der Waals surface area contributed by atoms with Crippen molar-refractivity contribution in [3.05, 3.63) is 23.3 Å². The van der Waals surface area contributed by atoms with Crippen LogP contribution in [0.4, 0.5) is 0 Å².